The fraction of sp³-hybridized carbons (Fsp3) is 0.423. The predicted molar refractivity (Wildman–Crippen MR) is 122 cm³/mol. The van der Waals surface area contributed by atoms with Crippen molar-refractivity contribution in [1.29, 1.82) is 0 Å². The van der Waals surface area contributed by atoms with Crippen molar-refractivity contribution in [3.05, 3.63) is 59.7 Å². The van der Waals surface area contributed by atoms with Gasteiger partial charge in [0.15, 0.2) is 0 Å². The molecule has 2 amide bonds. The maximum absolute atomic E-state index is 13.1. The molecule has 2 fully saturated rings. The minimum atomic E-state index is -0.996. The quantitative estimate of drug-likeness (QED) is 0.672. The SMILES string of the molecule is O=C(O)CCC(NC(=O)OCC1c2ccccc2-c2ccccc21)C(=O)N1CC2CCCC21. The van der Waals surface area contributed by atoms with Gasteiger partial charge in [-0.1, -0.05) is 55.0 Å². The number of nitrogens with one attached hydrogen (secondary N) is 1. The lowest BCUT2D eigenvalue weighted by Gasteiger charge is -2.46. The van der Waals surface area contributed by atoms with Gasteiger partial charge < -0.3 is 20.1 Å². The van der Waals surface area contributed by atoms with Crippen molar-refractivity contribution in [3.8, 4) is 11.1 Å². The van der Waals surface area contributed by atoms with Crippen LogP contribution in [0.2, 0.25) is 0 Å². The van der Waals surface area contributed by atoms with E-state index >= 15 is 0 Å². The molecule has 2 N–H and O–H groups in total. The number of rotatable bonds is 7. The van der Waals surface area contributed by atoms with E-state index in [1.165, 1.54) is 0 Å². The highest BCUT2D eigenvalue weighted by Crippen LogP contribution is 2.44. The van der Waals surface area contributed by atoms with Crippen LogP contribution in [-0.2, 0) is 14.3 Å². The maximum Gasteiger partial charge on any atom is 0.407 e. The summed E-state index contributed by atoms with van der Waals surface area (Å²) in [5, 5.41) is 11.8. The summed E-state index contributed by atoms with van der Waals surface area (Å²) < 4.78 is 5.58. The summed E-state index contributed by atoms with van der Waals surface area (Å²) in [6.07, 6.45) is 2.39. The summed E-state index contributed by atoms with van der Waals surface area (Å²) in [5.41, 5.74) is 4.50. The molecule has 3 atom stereocenters. The van der Waals surface area contributed by atoms with E-state index in [2.05, 4.69) is 17.4 Å². The van der Waals surface area contributed by atoms with E-state index in [0.717, 1.165) is 41.5 Å². The molecule has 2 aliphatic carbocycles. The van der Waals surface area contributed by atoms with E-state index < -0.39 is 18.1 Å². The van der Waals surface area contributed by atoms with Crippen LogP contribution in [0.1, 0.15) is 49.1 Å². The van der Waals surface area contributed by atoms with Crippen LogP contribution in [0.25, 0.3) is 11.1 Å². The zero-order valence-electron chi connectivity index (χ0n) is 18.4. The van der Waals surface area contributed by atoms with Crippen LogP contribution in [0.15, 0.2) is 48.5 Å². The minimum absolute atomic E-state index is 0.0479. The fourth-order valence-corrected chi connectivity index (χ4v) is 5.65. The van der Waals surface area contributed by atoms with Crippen molar-refractivity contribution in [2.75, 3.05) is 13.2 Å². The number of hydrogen-bond donors (Lipinski definition) is 2. The van der Waals surface area contributed by atoms with Gasteiger partial charge in [0.1, 0.15) is 12.6 Å². The lowest BCUT2D eigenvalue weighted by Crippen LogP contribution is -2.61. The summed E-state index contributed by atoms with van der Waals surface area (Å²) in [6.45, 7) is 0.841. The Morgan fingerprint density at radius 3 is 2.33 bits per heavy atom. The van der Waals surface area contributed by atoms with Gasteiger partial charge in [-0.15, -0.1) is 0 Å². The zero-order valence-corrected chi connectivity index (χ0v) is 18.4. The third-order valence-electron chi connectivity index (χ3n) is 7.31. The number of nitrogens with zero attached hydrogens (tertiary/aromatic N) is 1. The highest BCUT2D eigenvalue weighted by Gasteiger charge is 2.46. The van der Waals surface area contributed by atoms with Crippen LogP contribution < -0.4 is 5.32 Å². The largest absolute Gasteiger partial charge is 0.481 e. The number of amides is 2. The zero-order chi connectivity index (χ0) is 22.9. The van der Waals surface area contributed by atoms with E-state index in [9.17, 15) is 14.4 Å². The highest BCUT2D eigenvalue weighted by molar-refractivity contribution is 5.87. The third-order valence-corrected chi connectivity index (χ3v) is 7.31. The molecule has 1 aliphatic heterocycles. The molecular formula is C26H28N2O5. The Bertz CT molecular complexity index is 1040. The van der Waals surface area contributed by atoms with Crippen LogP contribution >= 0.6 is 0 Å². The Morgan fingerprint density at radius 2 is 1.70 bits per heavy atom. The number of carboxylic acids is 1. The molecule has 0 radical (unpaired) electrons. The number of ether oxygens (including phenoxy) is 1. The molecule has 7 nitrogen and oxygen atoms in total. The van der Waals surface area contributed by atoms with Crippen LogP contribution in [-0.4, -0.2) is 53.2 Å². The number of benzene rings is 2. The number of fused-ring (bicyclic) bond motifs is 4. The second-order valence-corrected chi connectivity index (χ2v) is 9.20. The van der Waals surface area contributed by atoms with Crippen molar-refractivity contribution in [3.63, 3.8) is 0 Å². The number of carboxylic acid groups (broad SMARTS) is 1. The van der Waals surface area contributed by atoms with Crippen LogP contribution in [0.4, 0.5) is 4.79 Å². The molecule has 1 saturated carbocycles. The molecule has 2 aromatic rings. The van der Waals surface area contributed by atoms with Gasteiger partial charge in [0.2, 0.25) is 5.91 Å². The number of carbonyl (C=O) groups excluding carboxylic acids is 2. The van der Waals surface area contributed by atoms with Crippen molar-refractivity contribution in [1.82, 2.24) is 10.2 Å². The monoisotopic (exact) mass is 448 g/mol. The fourth-order valence-electron chi connectivity index (χ4n) is 5.65. The first-order valence-electron chi connectivity index (χ1n) is 11.7. The Morgan fingerprint density at radius 1 is 1.03 bits per heavy atom. The molecule has 33 heavy (non-hydrogen) atoms. The second kappa shape index (κ2) is 8.89. The van der Waals surface area contributed by atoms with E-state index in [1.54, 1.807) is 4.90 Å². The normalized spacial score (nSPS) is 21.4. The highest BCUT2D eigenvalue weighted by atomic mass is 16.5. The van der Waals surface area contributed by atoms with Crippen molar-refractivity contribution in [2.45, 2.75) is 50.1 Å². The third kappa shape index (κ3) is 4.08. The van der Waals surface area contributed by atoms with Gasteiger partial charge in [-0.05, 0) is 47.4 Å². The first-order valence-corrected chi connectivity index (χ1v) is 11.7. The molecule has 172 valence electrons. The Labute approximate surface area is 192 Å². The number of hydrogen-bond acceptors (Lipinski definition) is 4. The molecular weight excluding hydrogens is 420 g/mol. The lowest BCUT2D eigenvalue weighted by molar-refractivity contribution is -0.145. The molecule has 0 spiro atoms. The van der Waals surface area contributed by atoms with Crippen LogP contribution in [0.3, 0.4) is 0 Å². The first kappa shape index (κ1) is 21.5. The van der Waals surface area contributed by atoms with E-state index in [4.69, 9.17) is 9.84 Å². The summed E-state index contributed by atoms with van der Waals surface area (Å²) in [7, 11) is 0. The smallest absolute Gasteiger partial charge is 0.407 e. The number of aliphatic carboxylic acids is 1. The minimum Gasteiger partial charge on any atom is -0.481 e. The average Bonchev–Trinajstić information content (AvgIpc) is 3.32. The molecule has 3 unspecified atom stereocenters. The molecule has 3 aliphatic rings. The van der Waals surface area contributed by atoms with Crippen LogP contribution in [0.5, 0.6) is 0 Å². The van der Waals surface area contributed by atoms with Gasteiger partial charge in [0, 0.05) is 24.9 Å². The van der Waals surface area contributed by atoms with Crippen molar-refractivity contribution < 1.29 is 24.2 Å². The van der Waals surface area contributed by atoms with Gasteiger partial charge in [-0.2, -0.15) is 0 Å². The Balaban J connectivity index is 1.25. The molecule has 5 rings (SSSR count). The van der Waals surface area contributed by atoms with E-state index in [0.29, 0.717) is 12.5 Å². The summed E-state index contributed by atoms with van der Waals surface area (Å²) in [5.74, 6) is -0.730. The summed E-state index contributed by atoms with van der Waals surface area (Å²) >= 11 is 0. The van der Waals surface area contributed by atoms with E-state index in [-0.39, 0.29) is 37.3 Å². The number of carbonyl (C=O) groups is 3. The number of likely N-dealkylation sites (tertiary alicyclic amines) is 1. The standard InChI is InChI=1S/C26H28N2O5/c29-24(30)13-12-22(25(31)28-14-16-6-5-11-23(16)28)27-26(32)33-15-21-19-9-3-1-7-17(19)18-8-2-4-10-20(18)21/h1-4,7-10,16,21-23H,5-6,11-15H2,(H,27,32)(H,29,30). The van der Waals surface area contributed by atoms with Gasteiger partial charge in [-0.3, -0.25) is 9.59 Å². The second-order valence-electron chi connectivity index (χ2n) is 9.20. The van der Waals surface area contributed by atoms with Gasteiger partial charge in [0.05, 0.1) is 0 Å². The summed E-state index contributed by atoms with van der Waals surface area (Å²) in [6, 6.07) is 15.5. The van der Waals surface area contributed by atoms with Crippen molar-refractivity contribution in [2.24, 2.45) is 5.92 Å². The van der Waals surface area contributed by atoms with Crippen molar-refractivity contribution >= 4 is 18.0 Å². The molecule has 7 heteroatoms. The molecule has 0 aromatic heterocycles. The Kier molecular flexibility index (Phi) is 5.79. The molecule has 0 bridgehead atoms. The topological polar surface area (TPSA) is 95.9 Å². The summed E-state index contributed by atoms with van der Waals surface area (Å²) in [4.78, 5) is 38.7. The molecule has 1 heterocycles. The maximum atomic E-state index is 13.1. The lowest BCUT2D eigenvalue weighted by atomic mass is 9.90. The van der Waals surface area contributed by atoms with E-state index in [1.807, 2.05) is 36.4 Å². The van der Waals surface area contributed by atoms with Gasteiger partial charge in [0.25, 0.3) is 0 Å². The average molecular weight is 449 g/mol. The molecule has 1 saturated heterocycles. The number of alkyl carbamates (subject to hydrolysis) is 1. The first-order chi connectivity index (χ1) is 16.0. The van der Waals surface area contributed by atoms with Gasteiger partial charge >= 0.3 is 12.1 Å². The molecule has 2 aromatic carbocycles. The predicted octanol–water partition coefficient (Wildman–Crippen LogP) is 3.77. The van der Waals surface area contributed by atoms with Gasteiger partial charge in [-0.25, -0.2) is 4.79 Å². The Hall–Kier alpha value is -3.35. The van der Waals surface area contributed by atoms with Crippen LogP contribution in [0, 0.1) is 5.92 Å².